The molecule has 20 heavy (non-hydrogen) atoms. The zero-order valence-corrected chi connectivity index (χ0v) is 11.7. The van der Waals surface area contributed by atoms with Crippen LogP contribution in [0, 0.1) is 0 Å². The predicted molar refractivity (Wildman–Crippen MR) is 73.6 cm³/mol. The number of amides is 2. The van der Waals surface area contributed by atoms with Crippen LogP contribution in [0.2, 0.25) is 0 Å². The fourth-order valence-electron chi connectivity index (χ4n) is 3.19. The first kappa shape index (κ1) is 13.0. The van der Waals surface area contributed by atoms with Gasteiger partial charge in [-0.3, -0.25) is 9.59 Å². The second-order valence-electron chi connectivity index (χ2n) is 5.36. The molecule has 0 unspecified atom stereocenters. The number of hydrogen-bond donors (Lipinski definition) is 0. The lowest BCUT2D eigenvalue weighted by molar-refractivity contribution is -0.127. The van der Waals surface area contributed by atoms with Gasteiger partial charge in [0, 0.05) is 25.6 Å². The van der Waals surface area contributed by atoms with Crippen LogP contribution >= 0.6 is 0 Å². The number of benzene rings is 1. The number of hydrogen-bond acceptors (Lipinski definition) is 3. The molecule has 2 atom stereocenters. The Morgan fingerprint density at radius 2 is 1.95 bits per heavy atom. The van der Waals surface area contributed by atoms with E-state index in [2.05, 4.69) is 0 Å². The van der Waals surface area contributed by atoms with Crippen LogP contribution in [-0.2, 0) is 4.79 Å². The molecule has 2 amide bonds. The summed E-state index contributed by atoms with van der Waals surface area (Å²) in [7, 11) is 3.43. The van der Waals surface area contributed by atoms with Gasteiger partial charge in [0.1, 0.15) is 5.75 Å². The number of methoxy groups -OCH3 is 1. The van der Waals surface area contributed by atoms with Gasteiger partial charge in [0.2, 0.25) is 5.91 Å². The predicted octanol–water partition coefficient (Wildman–Crippen LogP) is 1.14. The van der Waals surface area contributed by atoms with E-state index >= 15 is 0 Å². The molecule has 0 radical (unpaired) electrons. The second-order valence-corrected chi connectivity index (χ2v) is 5.36. The molecule has 0 bridgehead atoms. The van der Waals surface area contributed by atoms with Crippen LogP contribution < -0.4 is 4.74 Å². The Balaban J connectivity index is 1.79. The highest BCUT2D eigenvalue weighted by Gasteiger charge is 2.46. The average Bonchev–Trinajstić information content (AvgIpc) is 3.00. The van der Waals surface area contributed by atoms with Crippen molar-refractivity contribution in [3.8, 4) is 5.75 Å². The molecule has 0 aliphatic carbocycles. The van der Waals surface area contributed by atoms with Crippen molar-refractivity contribution in [2.75, 3.05) is 20.7 Å². The first-order chi connectivity index (χ1) is 9.61. The van der Waals surface area contributed by atoms with Gasteiger partial charge in [-0.25, -0.2) is 0 Å². The summed E-state index contributed by atoms with van der Waals surface area (Å²) in [6.45, 7) is 0.720. The summed E-state index contributed by atoms with van der Waals surface area (Å²) in [5.41, 5.74) is 0.647. The van der Waals surface area contributed by atoms with E-state index in [0.717, 1.165) is 18.7 Å². The van der Waals surface area contributed by atoms with Crippen LogP contribution in [0.15, 0.2) is 24.3 Å². The summed E-state index contributed by atoms with van der Waals surface area (Å²) in [6.07, 6.45) is 1.32. The third-order valence-electron chi connectivity index (χ3n) is 4.38. The zero-order valence-electron chi connectivity index (χ0n) is 11.7. The minimum Gasteiger partial charge on any atom is -0.497 e. The van der Waals surface area contributed by atoms with Crippen molar-refractivity contribution in [3.63, 3.8) is 0 Å². The first-order valence-corrected chi connectivity index (χ1v) is 6.82. The summed E-state index contributed by atoms with van der Waals surface area (Å²) >= 11 is 0. The SMILES string of the molecule is COc1ccc(C(=O)N2CC[C@H]3[C@H]2CC(=O)N3C)cc1. The molecule has 106 valence electrons. The third kappa shape index (κ3) is 1.94. The molecule has 5 heteroatoms. The lowest BCUT2D eigenvalue weighted by atomic mass is 10.1. The van der Waals surface area contributed by atoms with Crippen molar-refractivity contribution >= 4 is 11.8 Å². The zero-order chi connectivity index (χ0) is 14.3. The lowest BCUT2D eigenvalue weighted by Gasteiger charge is -2.23. The number of ether oxygens (including phenoxy) is 1. The van der Waals surface area contributed by atoms with Crippen molar-refractivity contribution in [1.82, 2.24) is 9.80 Å². The van der Waals surface area contributed by atoms with Crippen LogP contribution in [-0.4, -0.2) is 54.4 Å². The molecule has 2 aliphatic heterocycles. The molecular weight excluding hydrogens is 256 g/mol. The highest BCUT2D eigenvalue weighted by atomic mass is 16.5. The molecule has 1 aromatic rings. The van der Waals surface area contributed by atoms with Gasteiger partial charge in [0.15, 0.2) is 0 Å². The summed E-state index contributed by atoms with van der Waals surface area (Å²) in [4.78, 5) is 27.9. The maximum atomic E-state index is 12.6. The summed E-state index contributed by atoms with van der Waals surface area (Å²) < 4.78 is 5.10. The van der Waals surface area contributed by atoms with Gasteiger partial charge in [-0.05, 0) is 30.7 Å². The van der Waals surface area contributed by atoms with Crippen LogP contribution in [0.25, 0.3) is 0 Å². The first-order valence-electron chi connectivity index (χ1n) is 6.82. The monoisotopic (exact) mass is 274 g/mol. The molecule has 0 spiro atoms. The Bertz CT molecular complexity index is 541. The fourth-order valence-corrected chi connectivity index (χ4v) is 3.19. The highest BCUT2D eigenvalue weighted by Crippen LogP contribution is 2.32. The highest BCUT2D eigenvalue weighted by molar-refractivity contribution is 5.95. The molecule has 0 aromatic heterocycles. The second kappa shape index (κ2) is 4.81. The van der Waals surface area contributed by atoms with Gasteiger partial charge in [-0.2, -0.15) is 0 Å². The van der Waals surface area contributed by atoms with E-state index in [1.807, 2.05) is 11.9 Å². The number of carbonyl (C=O) groups is 2. The molecule has 0 N–H and O–H groups in total. The fraction of sp³-hybridized carbons (Fsp3) is 0.467. The minimum absolute atomic E-state index is 0.00301. The van der Waals surface area contributed by atoms with Gasteiger partial charge in [0.25, 0.3) is 5.91 Å². The normalized spacial score (nSPS) is 25.0. The van der Waals surface area contributed by atoms with E-state index < -0.39 is 0 Å². The van der Waals surface area contributed by atoms with Crippen LogP contribution in [0.3, 0.4) is 0 Å². The molecule has 2 aliphatic rings. The Hall–Kier alpha value is -2.04. The number of carbonyl (C=O) groups excluding carboxylic acids is 2. The van der Waals surface area contributed by atoms with Gasteiger partial charge in [-0.1, -0.05) is 0 Å². The van der Waals surface area contributed by atoms with Crippen molar-refractivity contribution < 1.29 is 14.3 Å². The van der Waals surface area contributed by atoms with Crippen LogP contribution in [0.1, 0.15) is 23.2 Å². The molecular formula is C15H18N2O3. The molecule has 0 saturated carbocycles. The standard InChI is InChI=1S/C15H18N2O3/c1-16-12-7-8-17(13(12)9-14(16)18)15(19)10-3-5-11(20-2)6-4-10/h3-6,12-13H,7-9H2,1-2H3/t12-,13+/m0/s1. The Morgan fingerprint density at radius 1 is 1.25 bits per heavy atom. The Labute approximate surface area is 118 Å². The molecule has 2 saturated heterocycles. The number of rotatable bonds is 2. The number of likely N-dealkylation sites (N-methyl/N-ethyl adjacent to an activating group) is 1. The Morgan fingerprint density at radius 3 is 2.60 bits per heavy atom. The average molecular weight is 274 g/mol. The van der Waals surface area contributed by atoms with E-state index in [1.54, 1.807) is 36.3 Å². The summed E-state index contributed by atoms with van der Waals surface area (Å²) in [6, 6.07) is 7.33. The third-order valence-corrected chi connectivity index (χ3v) is 4.38. The maximum Gasteiger partial charge on any atom is 0.254 e. The van der Waals surface area contributed by atoms with E-state index in [1.165, 1.54) is 0 Å². The van der Waals surface area contributed by atoms with Crippen LogP contribution in [0.5, 0.6) is 5.75 Å². The number of nitrogens with zero attached hydrogens (tertiary/aromatic N) is 2. The number of likely N-dealkylation sites (tertiary alicyclic amines) is 2. The molecule has 5 nitrogen and oxygen atoms in total. The van der Waals surface area contributed by atoms with E-state index in [-0.39, 0.29) is 23.9 Å². The quantitative estimate of drug-likeness (QED) is 0.812. The number of fused-ring (bicyclic) bond motifs is 1. The van der Waals surface area contributed by atoms with E-state index in [9.17, 15) is 9.59 Å². The van der Waals surface area contributed by atoms with Crippen molar-refractivity contribution in [2.45, 2.75) is 24.9 Å². The van der Waals surface area contributed by atoms with Gasteiger partial charge in [0.05, 0.1) is 19.2 Å². The summed E-state index contributed by atoms with van der Waals surface area (Å²) in [5, 5.41) is 0. The van der Waals surface area contributed by atoms with E-state index in [4.69, 9.17) is 4.74 Å². The van der Waals surface area contributed by atoms with Gasteiger partial charge >= 0.3 is 0 Å². The van der Waals surface area contributed by atoms with Crippen molar-refractivity contribution in [1.29, 1.82) is 0 Å². The van der Waals surface area contributed by atoms with E-state index in [0.29, 0.717) is 12.0 Å². The molecule has 1 aromatic carbocycles. The topological polar surface area (TPSA) is 49.9 Å². The smallest absolute Gasteiger partial charge is 0.254 e. The Kier molecular flexibility index (Phi) is 3.12. The van der Waals surface area contributed by atoms with Crippen molar-refractivity contribution in [3.05, 3.63) is 29.8 Å². The van der Waals surface area contributed by atoms with Gasteiger partial charge in [-0.15, -0.1) is 0 Å². The van der Waals surface area contributed by atoms with Gasteiger partial charge < -0.3 is 14.5 Å². The molecule has 2 heterocycles. The minimum atomic E-state index is 0.00301. The van der Waals surface area contributed by atoms with Crippen LogP contribution in [0.4, 0.5) is 0 Å². The summed E-state index contributed by atoms with van der Waals surface area (Å²) in [5.74, 6) is 0.868. The lowest BCUT2D eigenvalue weighted by Crippen LogP contribution is -2.38. The molecule has 2 fully saturated rings. The molecule has 3 rings (SSSR count). The van der Waals surface area contributed by atoms with Crippen molar-refractivity contribution in [2.24, 2.45) is 0 Å². The largest absolute Gasteiger partial charge is 0.497 e. The maximum absolute atomic E-state index is 12.6.